The fourth-order valence-electron chi connectivity index (χ4n) is 2.39. The Balaban J connectivity index is 1.96. The topological polar surface area (TPSA) is 51.3 Å². The van der Waals surface area contributed by atoms with Crippen molar-refractivity contribution in [2.24, 2.45) is 0 Å². The first-order chi connectivity index (χ1) is 9.61. The van der Waals surface area contributed by atoms with Gasteiger partial charge in [-0.25, -0.2) is 4.52 Å². The molecule has 0 aromatic carbocycles. The van der Waals surface area contributed by atoms with Crippen molar-refractivity contribution < 1.29 is 0 Å². The Morgan fingerprint density at radius 2 is 2.20 bits per heavy atom. The van der Waals surface area contributed by atoms with E-state index in [9.17, 15) is 4.79 Å². The molecule has 2 aromatic rings. The van der Waals surface area contributed by atoms with Gasteiger partial charge in [-0.3, -0.25) is 4.79 Å². The number of nitrogens with one attached hydrogen (secondary N) is 1. The number of hydrogen-bond donors (Lipinski definition) is 1. The van der Waals surface area contributed by atoms with Gasteiger partial charge in [0.2, 0.25) is 0 Å². The lowest BCUT2D eigenvalue weighted by atomic mass is 10.2. The summed E-state index contributed by atoms with van der Waals surface area (Å²) < 4.78 is 3.43. The highest BCUT2D eigenvalue weighted by atomic mass is 16.1. The maximum atomic E-state index is 12.3. The molecule has 0 saturated carbocycles. The monoisotopic (exact) mass is 276 g/mol. The Labute approximate surface area is 119 Å². The van der Waals surface area contributed by atoms with Gasteiger partial charge in [0, 0.05) is 25.0 Å². The molecule has 5 nitrogen and oxygen atoms in total. The van der Waals surface area contributed by atoms with Gasteiger partial charge < -0.3 is 9.88 Å². The molecule has 110 valence electrons. The second kappa shape index (κ2) is 6.70. The van der Waals surface area contributed by atoms with Crippen LogP contribution in [0.25, 0.3) is 5.52 Å². The molecule has 2 rings (SSSR count). The molecule has 0 fully saturated rings. The molecule has 0 aliphatic rings. The van der Waals surface area contributed by atoms with E-state index in [0.29, 0.717) is 11.6 Å². The van der Waals surface area contributed by atoms with Crippen molar-refractivity contribution in [3.05, 3.63) is 34.5 Å². The van der Waals surface area contributed by atoms with Crippen molar-refractivity contribution >= 4 is 5.52 Å². The summed E-state index contributed by atoms with van der Waals surface area (Å²) in [6.07, 6.45) is 6.91. The van der Waals surface area contributed by atoms with Crippen molar-refractivity contribution in [3.8, 4) is 0 Å². The third kappa shape index (κ3) is 3.48. The Morgan fingerprint density at radius 1 is 1.40 bits per heavy atom. The van der Waals surface area contributed by atoms with Crippen LogP contribution < -0.4 is 10.9 Å². The van der Waals surface area contributed by atoms with E-state index in [4.69, 9.17) is 0 Å². The second-order valence-corrected chi connectivity index (χ2v) is 5.41. The van der Waals surface area contributed by atoms with Crippen LogP contribution in [0.4, 0.5) is 0 Å². The highest BCUT2D eigenvalue weighted by Gasteiger charge is 2.06. The summed E-state index contributed by atoms with van der Waals surface area (Å²) in [5.74, 6) is 0. The van der Waals surface area contributed by atoms with E-state index in [2.05, 4.69) is 24.3 Å². The summed E-state index contributed by atoms with van der Waals surface area (Å²) in [6.45, 7) is 8.09. The van der Waals surface area contributed by atoms with Crippen LogP contribution in [0.5, 0.6) is 0 Å². The Hall–Kier alpha value is -1.62. The normalized spacial score (nSPS) is 12.9. The van der Waals surface area contributed by atoms with E-state index in [-0.39, 0.29) is 5.56 Å². The molecule has 1 N–H and O–H groups in total. The number of rotatable bonds is 7. The van der Waals surface area contributed by atoms with Crippen LogP contribution in [0.2, 0.25) is 0 Å². The van der Waals surface area contributed by atoms with E-state index in [1.165, 1.54) is 0 Å². The highest BCUT2D eigenvalue weighted by Crippen LogP contribution is 2.02. The lowest BCUT2D eigenvalue weighted by molar-refractivity contribution is 0.472. The van der Waals surface area contributed by atoms with Crippen molar-refractivity contribution in [3.63, 3.8) is 0 Å². The minimum atomic E-state index is 0.0438. The first-order valence-electron chi connectivity index (χ1n) is 7.40. The van der Waals surface area contributed by atoms with Crippen molar-refractivity contribution in [2.75, 3.05) is 6.54 Å². The van der Waals surface area contributed by atoms with Gasteiger partial charge in [0.05, 0.1) is 5.69 Å². The molecule has 0 bridgehead atoms. The van der Waals surface area contributed by atoms with Gasteiger partial charge in [0.1, 0.15) is 5.52 Å². The zero-order valence-electron chi connectivity index (χ0n) is 12.6. The summed E-state index contributed by atoms with van der Waals surface area (Å²) in [7, 11) is 0. The summed E-state index contributed by atoms with van der Waals surface area (Å²) >= 11 is 0. The van der Waals surface area contributed by atoms with E-state index >= 15 is 0 Å². The molecule has 0 amide bonds. The highest BCUT2D eigenvalue weighted by molar-refractivity contribution is 5.44. The lowest BCUT2D eigenvalue weighted by Crippen LogP contribution is -2.27. The maximum Gasteiger partial charge on any atom is 0.276 e. The summed E-state index contributed by atoms with van der Waals surface area (Å²) in [6, 6.07) is 2.34. The van der Waals surface area contributed by atoms with Gasteiger partial charge in [0.25, 0.3) is 5.56 Å². The minimum absolute atomic E-state index is 0.0438. The molecule has 2 heterocycles. The zero-order valence-corrected chi connectivity index (χ0v) is 12.6. The van der Waals surface area contributed by atoms with Crippen LogP contribution in [-0.2, 0) is 6.54 Å². The number of fused-ring (bicyclic) bond motifs is 1. The molecule has 0 aliphatic heterocycles. The van der Waals surface area contributed by atoms with Gasteiger partial charge in [-0.1, -0.05) is 6.92 Å². The number of aryl methyl sites for hydroxylation is 2. The Kier molecular flexibility index (Phi) is 4.95. The first-order valence-corrected chi connectivity index (χ1v) is 7.40. The van der Waals surface area contributed by atoms with Gasteiger partial charge >= 0.3 is 0 Å². The van der Waals surface area contributed by atoms with Crippen LogP contribution in [0.15, 0.2) is 23.3 Å². The quantitative estimate of drug-likeness (QED) is 0.841. The maximum absolute atomic E-state index is 12.3. The molecule has 20 heavy (non-hydrogen) atoms. The molecule has 2 aromatic heterocycles. The fourth-order valence-corrected chi connectivity index (χ4v) is 2.39. The second-order valence-electron chi connectivity index (χ2n) is 5.41. The van der Waals surface area contributed by atoms with Crippen LogP contribution in [0, 0.1) is 6.92 Å². The number of aromatic nitrogens is 3. The molecule has 1 unspecified atom stereocenters. The van der Waals surface area contributed by atoms with Crippen LogP contribution in [0.3, 0.4) is 0 Å². The first kappa shape index (κ1) is 14.8. The van der Waals surface area contributed by atoms with E-state index in [1.807, 2.05) is 25.4 Å². The Morgan fingerprint density at radius 3 is 2.95 bits per heavy atom. The zero-order chi connectivity index (χ0) is 14.5. The minimum Gasteiger partial charge on any atom is -0.314 e. The largest absolute Gasteiger partial charge is 0.314 e. The Bertz CT molecular complexity index is 614. The SMILES string of the molecule is CCCNC(C)CCCn1ccn2nc(C)cc2c1=O. The van der Waals surface area contributed by atoms with E-state index in [1.54, 1.807) is 9.08 Å². The molecular formula is C15H24N4O. The van der Waals surface area contributed by atoms with Crippen LogP contribution in [0.1, 0.15) is 38.8 Å². The van der Waals surface area contributed by atoms with Gasteiger partial charge in [-0.2, -0.15) is 5.10 Å². The molecule has 0 aliphatic carbocycles. The average Bonchev–Trinajstić information content (AvgIpc) is 2.80. The predicted molar refractivity (Wildman–Crippen MR) is 81.2 cm³/mol. The molecule has 5 heteroatoms. The van der Waals surface area contributed by atoms with Crippen LogP contribution >= 0.6 is 0 Å². The average molecular weight is 276 g/mol. The molecular weight excluding hydrogens is 252 g/mol. The van der Waals surface area contributed by atoms with Gasteiger partial charge in [-0.05, 0) is 45.7 Å². The third-order valence-corrected chi connectivity index (χ3v) is 3.50. The smallest absolute Gasteiger partial charge is 0.276 e. The van der Waals surface area contributed by atoms with Gasteiger partial charge in [0.15, 0.2) is 0 Å². The summed E-state index contributed by atoms with van der Waals surface area (Å²) in [4.78, 5) is 12.3. The summed E-state index contributed by atoms with van der Waals surface area (Å²) in [5.41, 5.74) is 1.57. The van der Waals surface area contributed by atoms with Gasteiger partial charge in [-0.15, -0.1) is 0 Å². The number of nitrogens with zero attached hydrogens (tertiary/aromatic N) is 3. The van der Waals surface area contributed by atoms with Crippen LogP contribution in [-0.4, -0.2) is 26.8 Å². The molecule has 0 spiro atoms. The van der Waals surface area contributed by atoms with Crippen molar-refractivity contribution in [1.82, 2.24) is 19.5 Å². The molecule has 0 saturated heterocycles. The van der Waals surface area contributed by atoms with E-state index < -0.39 is 0 Å². The third-order valence-electron chi connectivity index (χ3n) is 3.50. The molecule has 1 atom stereocenters. The predicted octanol–water partition coefficient (Wildman–Crippen LogP) is 1.97. The summed E-state index contributed by atoms with van der Waals surface area (Å²) in [5, 5.41) is 7.72. The fraction of sp³-hybridized carbons (Fsp3) is 0.600. The van der Waals surface area contributed by atoms with Crippen molar-refractivity contribution in [2.45, 2.75) is 52.6 Å². The lowest BCUT2D eigenvalue weighted by Gasteiger charge is -2.13. The molecule has 0 radical (unpaired) electrons. The number of hydrogen-bond acceptors (Lipinski definition) is 3. The standard InChI is InChI=1S/C15H24N4O/c1-4-7-16-12(2)6-5-8-18-9-10-19-14(15(18)20)11-13(3)17-19/h9-12,16H,4-8H2,1-3H3. The van der Waals surface area contributed by atoms with Crippen molar-refractivity contribution in [1.29, 1.82) is 0 Å². The van der Waals surface area contributed by atoms with E-state index in [0.717, 1.165) is 38.0 Å².